The zero-order valence-corrected chi connectivity index (χ0v) is 17.8. The van der Waals surface area contributed by atoms with E-state index in [4.69, 9.17) is 0 Å². The summed E-state index contributed by atoms with van der Waals surface area (Å²) in [5.41, 5.74) is 2.90. The van der Waals surface area contributed by atoms with Gasteiger partial charge in [0.2, 0.25) is 5.91 Å². The molecule has 33 heavy (non-hydrogen) atoms. The second-order valence-corrected chi connectivity index (χ2v) is 7.91. The molecule has 1 aromatic carbocycles. The van der Waals surface area contributed by atoms with Crippen molar-refractivity contribution in [3.05, 3.63) is 101 Å². The molecule has 0 unspecified atom stereocenters. The van der Waals surface area contributed by atoms with Crippen molar-refractivity contribution < 1.29 is 9.18 Å². The van der Waals surface area contributed by atoms with E-state index in [1.807, 2.05) is 12.1 Å². The number of aromatic nitrogens is 5. The molecule has 1 aliphatic rings. The van der Waals surface area contributed by atoms with Gasteiger partial charge in [0.1, 0.15) is 25.0 Å². The first-order valence-electron chi connectivity index (χ1n) is 10.6. The second kappa shape index (κ2) is 8.78. The third-order valence-corrected chi connectivity index (χ3v) is 5.84. The molecule has 8 nitrogen and oxygen atoms in total. The van der Waals surface area contributed by atoms with Crippen molar-refractivity contribution in [2.45, 2.75) is 26.1 Å². The van der Waals surface area contributed by atoms with Crippen molar-refractivity contribution >= 4 is 5.91 Å². The Labute approximate surface area is 189 Å². The van der Waals surface area contributed by atoms with Crippen molar-refractivity contribution in [1.82, 2.24) is 29.2 Å². The SMILES string of the molecule is O=C(Cn1cncn1)N1CCc2c(cc(-c3ccccc3F)c(=O)n2Cc2ccncc2)C1. The predicted octanol–water partition coefficient (Wildman–Crippen LogP) is 2.27. The van der Waals surface area contributed by atoms with Crippen molar-refractivity contribution in [2.75, 3.05) is 6.54 Å². The van der Waals surface area contributed by atoms with Crippen LogP contribution in [0.25, 0.3) is 11.1 Å². The molecule has 0 aliphatic carbocycles. The first-order valence-corrected chi connectivity index (χ1v) is 10.6. The molecule has 0 N–H and O–H groups in total. The van der Waals surface area contributed by atoms with Gasteiger partial charge in [0.25, 0.3) is 5.56 Å². The van der Waals surface area contributed by atoms with E-state index in [0.29, 0.717) is 26.1 Å². The Balaban J connectivity index is 1.56. The van der Waals surface area contributed by atoms with E-state index in [0.717, 1.165) is 16.8 Å². The monoisotopic (exact) mass is 444 g/mol. The molecule has 0 radical (unpaired) electrons. The van der Waals surface area contributed by atoms with E-state index in [9.17, 15) is 14.0 Å². The Kier molecular flexibility index (Phi) is 5.52. The Morgan fingerprint density at radius 3 is 2.64 bits per heavy atom. The number of nitrogens with zero attached hydrogens (tertiary/aromatic N) is 6. The highest BCUT2D eigenvalue weighted by molar-refractivity contribution is 5.76. The minimum absolute atomic E-state index is 0.0894. The summed E-state index contributed by atoms with van der Waals surface area (Å²) in [5.74, 6) is -0.551. The number of amides is 1. The summed E-state index contributed by atoms with van der Waals surface area (Å²) in [6.07, 6.45) is 6.77. The summed E-state index contributed by atoms with van der Waals surface area (Å²) in [6, 6.07) is 11.7. The molecule has 5 rings (SSSR count). The third-order valence-electron chi connectivity index (χ3n) is 5.84. The molecule has 166 valence electrons. The number of hydrogen-bond donors (Lipinski definition) is 0. The van der Waals surface area contributed by atoms with Gasteiger partial charge in [-0.05, 0) is 35.4 Å². The van der Waals surface area contributed by atoms with E-state index in [2.05, 4.69) is 15.1 Å². The molecule has 0 fully saturated rings. The van der Waals surface area contributed by atoms with Crippen LogP contribution in [-0.4, -0.2) is 41.7 Å². The molecule has 0 saturated carbocycles. The number of fused-ring (bicyclic) bond motifs is 1. The van der Waals surface area contributed by atoms with Gasteiger partial charge in [-0.1, -0.05) is 18.2 Å². The maximum absolute atomic E-state index is 14.6. The zero-order chi connectivity index (χ0) is 22.8. The molecular weight excluding hydrogens is 423 g/mol. The first-order chi connectivity index (χ1) is 16.1. The number of rotatable bonds is 5. The fourth-order valence-electron chi connectivity index (χ4n) is 4.19. The van der Waals surface area contributed by atoms with Crippen molar-refractivity contribution in [3.63, 3.8) is 0 Å². The molecule has 0 bridgehead atoms. The van der Waals surface area contributed by atoms with E-state index in [-0.39, 0.29) is 29.1 Å². The Morgan fingerprint density at radius 1 is 1.06 bits per heavy atom. The minimum Gasteiger partial charge on any atom is -0.336 e. The van der Waals surface area contributed by atoms with Crippen LogP contribution in [0, 0.1) is 5.82 Å². The first kappa shape index (κ1) is 20.7. The lowest BCUT2D eigenvalue weighted by atomic mass is 9.98. The van der Waals surface area contributed by atoms with Crippen molar-refractivity contribution in [3.8, 4) is 11.1 Å². The average molecular weight is 444 g/mol. The average Bonchev–Trinajstić information content (AvgIpc) is 3.34. The standard InChI is InChI=1S/C24H21FN6O2/c25-21-4-2-1-3-19(21)20-11-18-13-29(23(32)14-30-16-27-15-28-30)10-7-22(18)31(24(20)33)12-17-5-8-26-9-6-17/h1-6,8-9,11,15-16H,7,10,12-14H2. The summed E-state index contributed by atoms with van der Waals surface area (Å²) in [6.45, 7) is 1.25. The Hall–Kier alpha value is -4.14. The van der Waals surface area contributed by atoms with Gasteiger partial charge in [-0.2, -0.15) is 5.10 Å². The summed E-state index contributed by atoms with van der Waals surface area (Å²) >= 11 is 0. The third kappa shape index (κ3) is 4.17. The summed E-state index contributed by atoms with van der Waals surface area (Å²) in [7, 11) is 0. The highest BCUT2D eigenvalue weighted by Crippen LogP contribution is 2.26. The molecule has 4 aromatic rings. The Bertz CT molecular complexity index is 1350. The second-order valence-electron chi connectivity index (χ2n) is 7.91. The molecule has 9 heteroatoms. The van der Waals surface area contributed by atoms with E-state index in [1.54, 1.807) is 46.1 Å². The maximum Gasteiger partial charge on any atom is 0.259 e. The van der Waals surface area contributed by atoms with Gasteiger partial charge in [0.15, 0.2) is 0 Å². The normalized spacial score (nSPS) is 13.1. The fourth-order valence-corrected chi connectivity index (χ4v) is 4.19. The van der Waals surface area contributed by atoms with Crippen LogP contribution in [0.1, 0.15) is 16.8 Å². The lowest BCUT2D eigenvalue weighted by Crippen LogP contribution is -2.41. The molecule has 4 heterocycles. The number of carbonyl (C=O) groups is 1. The largest absolute Gasteiger partial charge is 0.336 e. The van der Waals surface area contributed by atoms with Crippen LogP contribution in [0.15, 0.2) is 72.3 Å². The lowest BCUT2D eigenvalue weighted by Gasteiger charge is -2.31. The van der Waals surface area contributed by atoms with Crippen LogP contribution in [0.5, 0.6) is 0 Å². The lowest BCUT2D eigenvalue weighted by molar-refractivity contribution is -0.133. The molecular formula is C24H21FN6O2. The van der Waals surface area contributed by atoms with Crippen LogP contribution < -0.4 is 5.56 Å². The van der Waals surface area contributed by atoms with Crippen LogP contribution in [-0.2, 0) is 30.8 Å². The van der Waals surface area contributed by atoms with Gasteiger partial charge < -0.3 is 9.47 Å². The summed E-state index contributed by atoms with van der Waals surface area (Å²) < 4.78 is 17.8. The number of benzene rings is 1. The van der Waals surface area contributed by atoms with Crippen molar-refractivity contribution in [2.24, 2.45) is 0 Å². The zero-order valence-electron chi connectivity index (χ0n) is 17.8. The number of halogens is 1. The van der Waals surface area contributed by atoms with Gasteiger partial charge in [-0.15, -0.1) is 0 Å². The molecule has 3 aromatic heterocycles. The van der Waals surface area contributed by atoms with Crippen molar-refractivity contribution in [1.29, 1.82) is 0 Å². The van der Waals surface area contributed by atoms with Crippen LogP contribution in [0.4, 0.5) is 4.39 Å². The molecule has 0 saturated heterocycles. The van der Waals surface area contributed by atoms with Gasteiger partial charge in [0, 0.05) is 43.2 Å². The molecule has 0 atom stereocenters. The topological polar surface area (TPSA) is 85.9 Å². The van der Waals surface area contributed by atoms with Gasteiger partial charge in [0.05, 0.1) is 12.1 Å². The molecule has 1 aliphatic heterocycles. The number of hydrogen-bond acceptors (Lipinski definition) is 5. The fraction of sp³-hybridized carbons (Fsp3) is 0.208. The number of carbonyl (C=O) groups excluding carboxylic acids is 1. The van der Waals surface area contributed by atoms with Crippen LogP contribution in [0.2, 0.25) is 0 Å². The van der Waals surface area contributed by atoms with Gasteiger partial charge in [-0.25, -0.2) is 14.1 Å². The van der Waals surface area contributed by atoms with Crippen LogP contribution >= 0.6 is 0 Å². The summed E-state index contributed by atoms with van der Waals surface area (Å²) in [5, 5.41) is 4.00. The van der Waals surface area contributed by atoms with Crippen LogP contribution in [0.3, 0.4) is 0 Å². The number of pyridine rings is 2. The van der Waals surface area contributed by atoms with E-state index < -0.39 is 5.82 Å². The molecule has 1 amide bonds. The minimum atomic E-state index is -0.458. The van der Waals surface area contributed by atoms with Gasteiger partial charge in [-0.3, -0.25) is 14.6 Å². The Morgan fingerprint density at radius 2 is 1.88 bits per heavy atom. The highest BCUT2D eigenvalue weighted by Gasteiger charge is 2.26. The predicted molar refractivity (Wildman–Crippen MR) is 119 cm³/mol. The smallest absolute Gasteiger partial charge is 0.259 e. The molecule has 0 spiro atoms. The van der Waals surface area contributed by atoms with E-state index in [1.165, 1.54) is 23.4 Å². The quantitative estimate of drug-likeness (QED) is 0.471. The highest BCUT2D eigenvalue weighted by atomic mass is 19.1. The van der Waals surface area contributed by atoms with E-state index >= 15 is 0 Å². The van der Waals surface area contributed by atoms with Gasteiger partial charge >= 0.3 is 0 Å². The maximum atomic E-state index is 14.6. The summed E-state index contributed by atoms with van der Waals surface area (Å²) in [4.78, 5) is 36.0.